The van der Waals surface area contributed by atoms with Crippen LogP contribution in [-0.2, 0) is 34.8 Å². The van der Waals surface area contributed by atoms with Gasteiger partial charge < -0.3 is 19.0 Å². The van der Waals surface area contributed by atoms with Crippen LogP contribution in [0.25, 0.3) is 22.2 Å². The molecule has 0 bridgehead atoms. The second-order valence-corrected chi connectivity index (χ2v) is 8.82. The number of ether oxygens (including phenoxy) is 1. The highest BCUT2D eigenvalue weighted by atomic mass is 19.1. The van der Waals surface area contributed by atoms with E-state index in [1.54, 1.807) is 25.3 Å². The van der Waals surface area contributed by atoms with E-state index >= 15 is 0 Å². The van der Waals surface area contributed by atoms with Crippen molar-refractivity contribution < 1.29 is 19.0 Å². The fourth-order valence-corrected chi connectivity index (χ4v) is 5.15. The lowest BCUT2D eigenvalue weighted by atomic mass is 9.86. The van der Waals surface area contributed by atoms with Crippen LogP contribution < -0.4 is 11.0 Å². The molecule has 1 N–H and O–H groups in total. The second-order valence-electron chi connectivity index (χ2n) is 8.82. The summed E-state index contributed by atoms with van der Waals surface area (Å²) in [6.07, 6.45) is 1.66. The molecule has 35 heavy (non-hydrogen) atoms. The summed E-state index contributed by atoms with van der Waals surface area (Å²) in [6.45, 7) is 1.77. The van der Waals surface area contributed by atoms with Gasteiger partial charge in [0.2, 0.25) is 0 Å². The minimum Gasteiger partial charge on any atom is -0.458 e. The standard InChI is InChI=1S/C26H20FN3O5/c1-2-26(34)18-10-20-22-21(12-30(20)24(32)17(18)13-35-25(26)33)29(11-15-5-3-4-8-28-15)19-7-6-14(27)9-16(19)23(22)31/h3-10,34H,2,11-13H2,1H3/t26-/m0/s1. The Bertz CT molecular complexity index is 1680. The molecule has 0 amide bonds. The van der Waals surface area contributed by atoms with E-state index in [0.29, 0.717) is 17.8 Å². The third kappa shape index (κ3) is 2.94. The number of aromatic nitrogens is 3. The van der Waals surface area contributed by atoms with Crippen LogP contribution >= 0.6 is 0 Å². The number of benzene rings is 1. The molecule has 9 heteroatoms. The number of carbonyl (C=O) groups excluding carboxylic acids is 1. The van der Waals surface area contributed by atoms with Gasteiger partial charge in [-0.1, -0.05) is 13.0 Å². The van der Waals surface area contributed by atoms with Crippen LogP contribution in [0.15, 0.2) is 58.3 Å². The highest BCUT2D eigenvalue weighted by Crippen LogP contribution is 2.38. The van der Waals surface area contributed by atoms with Crippen LogP contribution in [-0.4, -0.2) is 25.2 Å². The summed E-state index contributed by atoms with van der Waals surface area (Å²) in [4.78, 5) is 43.9. The monoisotopic (exact) mass is 473 g/mol. The molecular formula is C26H20FN3O5. The van der Waals surface area contributed by atoms with E-state index in [1.807, 2.05) is 16.7 Å². The number of aliphatic hydroxyl groups is 1. The average molecular weight is 473 g/mol. The highest BCUT2D eigenvalue weighted by Gasteiger charge is 2.45. The Morgan fingerprint density at radius 3 is 2.74 bits per heavy atom. The minimum absolute atomic E-state index is 0.00141. The van der Waals surface area contributed by atoms with Crippen LogP contribution in [0.5, 0.6) is 0 Å². The molecule has 1 atom stereocenters. The van der Waals surface area contributed by atoms with Crippen LogP contribution in [0.1, 0.15) is 35.9 Å². The SMILES string of the molecule is CC[C@@]1(O)C(=O)OCc2c1cc1n(c2=O)Cc2c-1c(=O)c1cc(F)ccc1n2Cc1ccccn1. The Labute approximate surface area is 197 Å². The zero-order valence-electron chi connectivity index (χ0n) is 18.7. The van der Waals surface area contributed by atoms with Crippen LogP contribution in [0.4, 0.5) is 4.39 Å². The molecule has 0 fully saturated rings. The summed E-state index contributed by atoms with van der Waals surface area (Å²) in [5.74, 6) is -1.38. The van der Waals surface area contributed by atoms with Gasteiger partial charge in [-0.2, -0.15) is 0 Å². The first-order chi connectivity index (χ1) is 16.8. The van der Waals surface area contributed by atoms with Gasteiger partial charge in [-0.05, 0) is 42.8 Å². The number of carbonyl (C=O) groups is 1. The third-order valence-corrected chi connectivity index (χ3v) is 6.99. The van der Waals surface area contributed by atoms with Crippen LogP contribution in [0.3, 0.4) is 0 Å². The van der Waals surface area contributed by atoms with Gasteiger partial charge in [0.05, 0.1) is 46.8 Å². The lowest BCUT2D eigenvalue weighted by molar-refractivity contribution is -0.172. The average Bonchev–Trinajstić information content (AvgIpc) is 3.25. The molecule has 1 aromatic carbocycles. The first-order valence-corrected chi connectivity index (χ1v) is 11.3. The number of cyclic esters (lactones) is 1. The number of rotatable bonds is 3. The predicted octanol–water partition coefficient (Wildman–Crippen LogP) is 2.43. The number of fused-ring (bicyclic) bond motifs is 5. The summed E-state index contributed by atoms with van der Waals surface area (Å²) in [7, 11) is 0. The molecule has 176 valence electrons. The number of esters is 1. The molecule has 6 rings (SSSR count). The molecule has 0 saturated carbocycles. The van der Waals surface area contributed by atoms with Crippen molar-refractivity contribution in [3.05, 3.63) is 97.6 Å². The molecule has 0 aliphatic carbocycles. The van der Waals surface area contributed by atoms with Crippen molar-refractivity contribution in [2.75, 3.05) is 0 Å². The van der Waals surface area contributed by atoms with Crippen molar-refractivity contribution in [1.29, 1.82) is 0 Å². The van der Waals surface area contributed by atoms with Gasteiger partial charge >= 0.3 is 5.97 Å². The summed E-state index contributed by atoms with van der Waals surface area (Å²) in [5, 5.41) is 11.2. The van der Waals surface area contributed by atoms with E-state index in [2.05, 4.69) is 4.98 Å². The van der Waals surface area contributed by atoms with E-state index < -0.39 is 28.4 Å². The maximum atomic E-state index is 14.2. The number of hydrogen-bond acceptors (Lipinski definition) is 6. The van der Waals surface area contributed by atoms with E-state index in [0.717, 1.165) is 5.69 Å². The smallest absolute Gasteiger partial charge is 0.343 e. The summed E-state index contributed by atoms with van der Waals surface area (Å²) in [5.41, 5.74) is -0.149. The maximum Gasteiger partial charge on any atom is 0.343 e. The molecule has 0 unspecified atom stereocenters. The number of hydrogen-bond donors (Lipinski definition) is 1. The first-order valence-electron chi connectivity index (χ1n) is 11.3. The second kappa shape index (κ2) is 7.44. The molecule has 2 aliphatic rings. The van der Waals surface area contributed by atoms with Crippen molar-refractivity contribution in [2.24, 2.45) is 0 Å². The van der Waals surface area contributed by atoms with Crippen molar-refractivity contribution in [2.45, 2.75) is 38.6 Å². The lowest BCUT2D eigenvalue weighted by Crippen LogP contribution is -2.44. The van der Waals surface area contributed by atoms with Crippen LogP contribution in [0.2, 0.25) is 0 Å². The Hall–Kier alpha value is -4.11. The molecule has 0 saturated heterocycles. The molecule has 0 spiro atoms. The van der Waals surface area contributed by atoms with Crippen molar-refractivity contribution >= 4 is 16.9 Å². The Kier molecular flexibility index (Phi) is 4.56. The molecule has 0 radical (unpaired) electrons. The minimum atomic E-state index is -1.99. The Morgan fingerprint density at radius 2 is 2.00 bits per heavy atom. The first kappa shape index (κ1) is 21.4. The molecule has 2 aliphatic heterocycles. The predicted molar refractivity (Wildman–Crippen MR) is 124 cm³/mol. The van der Waals surface area contributed by atoms with Crippen molar-refractivity contribution in [3.63, 3.8) is 0 Å². The van der Waals surface area contributed by atoms with Gasteiger partial charge in [0, 0.05) is 17.1 Å². The van der Waals surface area contributed by atoms with Crippen LogP contribution in [0, 0.1) is 5.82 Å². The number of nitrogens with zero attached hydrogens (tertiary/aromatic N) is 3. The van der Waals surface area contributed by atoms with E-state index in [4.69, 9.17) is 4.74 Å². The summed E-state index contributed by atoms with van der Waals surface area (Å²) >= 11 is 0. The Balaban J connectivity index is 1.68. The maximum absolute atomic E-state index is 14.2. The van der Waals surface area contributed by atoms with Gasteiger partial charge in [0.1, 0.15) is 12.4 Å². The molecular weight excluding hydrogens is 453 g/mol. The van der Waals surface area contributed by atoms with Gasteiger partial charge in [-0.3, -0.25) is 14.6 Å². The van der Waals surface area contributed by atoms with Crippen molar-refractivity contribution in [3.8, 4) is 11.3 Å². The largest absolute Gasteiger partial charge is 0.458 e. The zero-order valence-corrected chi connectivity index (χ0v) is 18.7. The molecule has 5 heterocycles. The summed E-state index contributed by atoms with van der Waals surface area (Å²) < 4.78 is 22.6. The quantitative estimate of drug-likeness (QED) is 0.404. The normalized spacial score (nSPS) is 18.2. The third-order valence-electron chi connectivity index (χ3n) is 6.99. The fourth-order valence-electron chi connectivity index (χ4n) is 5.15. The van der Waals surface area contributed by atoms with Gasteiger partial charge in [0.25, 0.3) is 5.56 Å². The number of halogens is 1. The van der Waals surface area contributed by atoms with E-state index in [9.17, 15) is 23.9 Å². The lowest BCUT2D eigenvalue weighted by Gasteiger charge is -2.31. The molecule has 3 aromatic heterocycles. The molecule has 8 nitrogen and oxygen atoms in total. The number of pyridine rings is 3. The van der Waals surface area contributed by atoms with E-state index in [1.165, 1.54) is 22.8 Å². The topological polar surface area (TPSA) is 103 Å². The van der Waals surface area contributed by atoms with E-state index in [-0.39, 0.29) is 47.3 Å². The Morgan fingerprint density at radius 1 is 1.17 bits per heavy atom. The van der Waals surface area contributed by atoms with Gasteiger partial charge in [-0.15, -0.1) is 0 Å². The molecule has 4 aromatic rings. The highest BCUT2D eigenvalue weighted by molar-refractivity contribution is 5.88. The van der Waals surface area contributed by atoms with Gasteiger partial charge in [0.15, 0.2) is 11.0 Å². The van der Waals surface area contributed by atoms with Gasteiger partial charge in [-0.25, -0.2) is 9.18 Å². The summed E-state index contributed by atoms with van der Waals surface area (Å²) in [6, 6.07) is 11.1. The van der Waals surface area contributed by atoms with Crippen molar-refractivity contribution in [1.82, 2.24) is 14.1 Å². The zero-order chi connectivity index (χ0) is 24.5. The fraction of sp³-hybridized carbons (Fsp3) is 0.231.